The molecule has 0 unspecified atom stereocenters. The Morgan fingerprint density at radius 3 is 2.42 bits per heavy atom. The van der Waals surface area contributed by atoms with Crippen LogP contribution in [-0.2, 0) is 9.53 Å². The fourth-order valence-corrected chi connectivity index (χ4v) is 2.83. The molecule has 1 amide bonds. The highest BCUT2D eigenvalue weighted by molar-refractivity contribution is 5.95. The predicted molar refractivity (Wildman–Crippen MR) is 101 cm³/mol. The minimum atomic E-state index is -0.211. The predicted octanol–water partition coefficient (Wildman–Crippen LogP) is 2.94. The Balaban J connectivity index is 1.62. The molecule has 1 N–H and O–H groups in total. The molecule has 0 radical (unpaired) electrons. The van der Waals surface area contributed by atoms with E-state index in [1.54, 1.807) is 6.07 Å². The number of nitrogens with one attached hydrogen (secondary N) is 1. The van der Waals surface area contributed by atoms with E-state index in [-0.39, 0.29) is 12.5 Å². The minimum absolute atomic E-state index is 0.0818. The molecule has 0 spiro atoms. The molecule has 0 aliphatic carbocycles. The Labute approximate surface area is 153 Å². The van der Waals surface area contributed by atoms with Gasteiger partial charge in [-0.05, 0) is 31.2 Å². The van der Waals surface area contributed by atoms with E-state index in [4.69, 9.17) is 14.2 Å². The number of ether oxygens (including phenoxy) is 3. The van der Waals surface area contributed by atoms with Gasteiger partial charge in [0.05, 0.1) is 31.2 Å². The van der Waals surface area contributed by atoms with Gasteiger partial charge in [0.25, 0.3) is 5.91 Å². The molecule has 1 heterocycles. The number of rotatable bonds is 7. The van der Waals surface area contributed by atoms with E-state index in [9.17, 15) is 4.79 Å². The Bertz CT molecular complexity index is 729. The van der Waals surface area contributed by atoms with Gasteiger partial charge < -0.3 is 24.4 Å². The topological polar surface area (TPSA) is 60.0 Å². The van der Waals surface area contributed by atoms with E-state index in [0.29, 0.717) is 31.3 Å². The SMILES string of the molecule is CCOc1ccccc1OCC(=O)Nc1ccccc1N1CCOCC1. The Kier molecular flexibility index (Phi) is 6.33. The third-order valence-corrected chi connectivity index (χ3v) is 4.04. The second-order valence-corrected chi connectivity index (χ2v) is 5.83. The number of benzene rings is 2. The van der Waals surface area contributed by atoms with Crippen molar-refractivity contribution in [3.63, 3.8) is 0 Å². The molecule has 2 aromatic carbocycles. The van der Waals surface area contributed by atoms with Crippen LogP contribution in [0.2, 0.25) is 0 Å². The summed E-state index contributed by atoms with van der Waals surface area (Å²) in [7, 11) is 0. The molecular weight excluding hydrogens is 332 g/mol. The third-order valence-electron chi connectivity index (χ3n) is 4.04. The summed E-state index contributed by atoms with van der Waals surface area (Å²) < 4.78 is 16.5. The average Bonchev–Trinajstić information content (AvgIpc) is 2.69. The van der Waals surface area contributed by atoms with Crippen molar-refractivity contribution >= 4 is 17.3 Å². The van der Waals surface area contributed by atoms with E-state index in [2.05, 4.69) is 10.2 Å². The Hall–Kier alpha value is -2.73. The van der Waals surface area contributed by atoms with Gasteiger partial charge in [0.2, 0.25) is 0 Å². The van der Waals surface area contributed by atoms with E-state index < -0.39 is 0 Å². The van der Waals surface area contributed by atoms with Gasteiger partial charge in [-0.15, -0.1) is 0 Å². The molecule has 1 saturated heterocycles. The van der Waals surface area contributed by atoms with Crippen LogP contribution >= 0.6 is 0 Å². The number of morpholine rings is 1. The molecule has 1 fully saturated rings. The second kappa shape index (κ2) is 9.10. The second-order valence-electron chi connectivity index (χ2n) is 5.83. The van der Waals surface area contributed by atoms with E-state index in [1.165, 1.54) is 0 Å². The number of amides is 1. The fraction of sp³-hybridized carbons (Fsp3) is 0.350. The zero-order chi connectivity index (χ0) is 18.2. The van der Waals surface area contributed by atoms with Gasteiger partial charge in [0, 0.05) is 13.1 Å². The lowest BCUT2D eigenvalue weighted by molar-refractivity contribution is -0.118. The lowest BCUT2D eigenvalue weighted by Crippen LogP contribution is -2.37. The molecule has 0 atom stereocenters. The van der Waals surface area contributed by atoms with Crippen molar-refractivity contribution in [1.82, 2.24) is 0 Å². The largest absolute Gasteiger partial charge is 0.490 e. The molecule has 138 valence electrons. The standard InChI is InChI=1S/C20H24N2O4/c1-2-25-18-9-5-6-10-19(18)26-15-20(23)21-16-7-3-4-8-17(16)22-11-13-24-14-12-22/h3-10H,2,11-15H2,1H3,(H,21,23). The maximum Gasteiger partial charge on any atom is 0.262 e. The number of carbonyl (C=O) groups is 1. The quantitative estimate of drug-likeness (QED) is 0.827. The third kappa shape index (κ3) is 4.67. The number of hydrogen-bond acceptors (Lipinski definition) is 5. The highest BCUT2D eigenvalue weighted by Gasteiger charge is 2.16. The van der Waals surface area contributed by atoms with Gasteiger partial charge >= 0.3 is 0 Å². The van der Waals surface area contributed by atoms with Crippen molar-refractivity contribution in [1.29, 1.82) is 0 Å². The molecule has 0 saturated carbocycles. The summed E-state index contributed by atoms with van der Waals surface area (Å²) >= 11 is 0. The average molecular weight is 356 g/mol. The monoisotopic (exact) mass is 356 g/mol. The normalized spacial score (nSPS) is 14.0. The van der Waals surface area contributed by atoms with Gasteiger partial charge in [0.1, 0.15) is 0 Å². The molecule has 6 nitrogen and oxygen atoms in total. The van der Waals surface area contributed by atoms with Crippen molar-refractivity contribution in [3.05, 3.63) is 48.5 Å². The number of para-hydroxylation sites is 4. The fourth-order valence-electron chi connectivity index (χ4n) is 2.83. The molecule has 0 bridgehead atoms. The van der Waals surface area contributed by atoms with Crippen molar-refractivity contribution in [2.75, 3.05) is 49.7 Å². The molecule has 6 heteroatoms. The maximum absolute atomic E-state index is 12.4. The Morgan fingerprint density at radius 2 is 1.69 bits per heavy atom. The van der Waals surface area contributed by atoms with Crippen LogP contribution in [0.1, 0.15) is 6.92 Å². The molecule has 2 aromatic rings. The van der Waals surface area contributed by atoms with Crippen LogP contribution in [0.5, 0.6) is 11.5 Å². The van der Waals surface area contributed by atoms with Gasteiger partial charge in [-0.2, -0.15) is 0 Å². The summed E-state index contributed by atoms with van der Waals surface area (Å²) in [6.07, 6.45) is 0. The zero-order valence-corrected chi connectivity index (χ0v) is 14.9. The van der Waals surface area contributed by atoms with E-state index >= 15 is 0 Å². The summed E-state index contributed by atoms with van der Waals surface area (Å²) in [6, 6.07) is 15.1. The lowest BCUT2D eigenvalue weighted by atomic mass is 10.2. The first kappa shape index (κ1) is 18.1. The maximum atomic E-state index is 12.4. The first-order chi connectivity index (χ1) is 12.8. The summed E-state index contributed by atoms with van der Waals surface area (Å²) in [5.74, 6) is 0.986. The highest BCUT2D eigenvalue weighted by atomic mass is 16.5. The van der Waals surface area contributed by atoms with Crippen LogP contribution in [-0.4, -0.2) is 45.4 Å². The number of anilines is 2. The number of hydrogen-bond donors (Lipinski definition) is 1. The van der Waals surface area contributed by atoms with Crippen molar-refractivity contribution < 1.29 is 19.0 Å². The van der Waals surface area contributed by atoms with Crippen LogP contribution < -0.4 is 19.7 Å². The van der Waals surface area contributed by atoms with Crippen molar-refractivity contribution in [2.24, 2.45) is 0 Å². The van der Waals surface area contributed by atoms with Gasteiger partial charge in [-0.3, -0.25) is 4.79 Å². The molecule has 1 aliphatic rings. The summed E-state index contributed by atoms with van der Waals surface area (Å²) in [6.45, 7) is 5.38. The minimum Gasteiger partial charge on any atom is -0.490 e. The first-order valence-corrected chi connectivity index (χ1v) is 8.84. The molecule has 26 heavy (non-hydrogen) atoms. The smallest absolute Gasteiger partial charge is 0.262 e. The number of carbonyl (C=O) groups excluding carboxylic acids is 1. The van der Waals surface area contributed by atoms with E-state index in [0.717, 1.165) is 24.5 Å². The van der Waals surface area contributed by atoms with Crippen LogP contribution in [0.3, 0.4) is 0 Å². The van der Waals surface area contributed by atoms with Crippen LogP contribution in [0.15, 0.2) is 48.5 Å². The van der Waals surface area contributed by atoms with E-state index in [1.807, 2.05) is 49.4 Å². The highest BCUT2D eigenvalue weighted by Crippen LogP contribution is 2.28. The molecule has 1 aliphatic heterocycles. The van der Waals surface area contributed by atoms with Gasteiger partial charge in [-0.25, -0.2) is 0 Å². The zero-order valence-electron chi connectivity index (χ0n) is 14.9. The summed E-state index contributed by atoms with van der Waals surface area (Å²) in [5, 5.41) is 2.94. The van der Waals surface area contributed by atoms with Crippen molar-refractivity contribution in [3.8, 4) is 11.5 Å². The van der Waals surface area contributed by atoms with Crippen LogP contribution in [0, 0.1) is 0 Å². The van der Waals surface area contributed by atoms with Gasteiger partial charge in [-0.1, -0.05) is 24.3 Å². The lowest BCUT2D eigenvalue weighted by Gasteiger charge is -2.30. The first-order valence-electron chi connectivity index (χ1n) is 8.84. The van der Waals surface area contributed by atoms with Crippen LogP contribution in [0.4, 0.5) is 11.4 Å². The number of nitrogens with zero attached hydrogens (tertiary/aromatic N) is 1. The summed E-state index contributed by atoms with van der Waals surface area (Å²) in [4.78, 5) is 14.6. The molecular formula is C20H24N2O4. The van der Waals surface area contributed by atoms with Gasteiger partial charge in [0.15, 0.2) is 18.1 Å². The van der Waals surface area contributed by atoms with Crippen molar-refractivity contribution in [2.45, 2.75) is 6.92 Å². The summed E-state index contributed by atoms with van der Waals surface area (Å²) in [5.41, 5.74) is 1.78. The molecule has 0 aromatic heterocycles. The molecule has 3 rings (SSSR count). The Morgan fingerprint density at radius 1 is 1.04 bits per heavy atom. The van der Waals surface area contributed by atoms with Crippen LogP contribution in [0.25, 0.3) is 0 Å².